The second kappa shape index (κ2) is 11.5. The summed E-state index contributed by atoms with van der Waals surface area (Å²) in [6, 6.07) is 21.4. The van der Waals surface area contributed by atoms with Crippen molar-refractivity contribution >= 4 is 40.6 Å². The van der Waals surface area contributed by atoms with Crippen LogP contribution in [-0.2, 0) is 12.2 Å². The average molecular weight is 533 g/mol. The minimum absolute atomic E-state index is 0.167. The van der Waals surface area contributed by atoms with Gasteiger partial charge in [0.25, 0.3) is 5.91 Å². The van der Waals surface area contributed by atoms with Crippen molar-refractivity contribution in [3.8, 4) is 17.1 Å². The van der Waals surface area contributed by atoms with Crippen molar-refractivity contribution in [1.29, 1.82) is 0 Å². The van der Waals surface area contributed by atoms with Gasteiger partial charge in [0.1, 0.15) is 10.7 Å². The Morgan fingerprint density at radius 2 is 1.94 bits per heavy atom. The largest absolute Gasteiger partial charge is 0.350 e. The van der Waals surface area contributed by atoms with E-state index in [9.17, 15) is 4.79 Å². The Bertz CT molecular complexity index is 1460. The topological polar surface area (TPSA) is 85.6 Å². The van der Waals surface area contributed by atoms with Crippen molar-refractivity contribution in [2.24, 2.45) is 0 Å². The number of carbonyl (C=O) groups excluding carboxylic acids is 1. The molecular weight excluding hydrogens is 512 g/mol. The maximum Gasteiger partial charge on any atom is 0.270 e. The lowest BCUT2D eigenvalue weighted by molar-refractivity contribution is 0.0949. The molecule has 0 saturated heterocycles. The summed E-state index contributed by atoms with van der Waals surface area (Å²) in [5.41, 5.74) is 3.31. The number of halogens is 1. The smallest absolute Gasteiger partial charge is 0.270 e. The van der Waals surface area contributed by atoms with Crippen LogP contribution in [0.5, 0.6) is 0 Å². The first-order chi connectivity index (χ1) is 17.7. The summed E-state index contributed by atoms with van der Waals surface area (Å²) in [6.07, 6.45) is 4.25. The lowest BCUT2D eigenvalue weighted by Crippen LogP contribution is -2.26. The number of benzene rings is 2. The van der Waals surface area contributed by atoms with Crippen molar-refractivity contribution in [2.45, 2.75) is 17.3 Å². The van der Waals surface area contributed by atoms with Crippen LogP contribution in [0.15, 0.2) is 89.7 Å². The summed E-state index contributed by atoms with van der Waals surface area (Å²) in [5, 5.41) is 15.7. The molecular formula is C26H21ClN6OS2. The number of aromatic nitrogens is 5. The summed E-state index contributed by atoms with van der Waals surface area (Å²) in [6.45, 7) is 0.560. The average Bonchev–Trinajstić information content (AvgIpc) is 3.56. The van der Waals surface area contributed by atoms with E-state index in [4.69, 9.17) is 11.6 Å². The fourth-order valence-electron chi connectivity index (χ4n) is 3.56. The fourth-order valence-corrected chi connectivity index (χ4v) is 5.49. The summed E-state index contributed by atoms with van der Waals surface area (Å²) in [5.74, 6) is 1.05. The number of thiazole rings is 1. The van der Waals surface area contributed by atoms with Crippen molar-refractivity contribution in [2.75, 3.05) is 6.54 Å². The molecule has 0 saturated carbocycles. The Morgan fingerprint density at radius 3 is 2.75 bits per heavy atom. The SMILES string of the molecule is O=C(NCCc1ccccc1)c1csc(CSc2nnc(-c3cccnc3)n2-c2cccc(Cl)c2)n1. The lowest BCUT2D eigenvalue weighted by Gasteiger charge is -2.10. The summed E-state index contributed by atoms with van der Waals surface area (Å²) in [4.78, 5) is 21.3. The molecule has 0 unspecified atom stereocenters. The van der Waals surface area contributed by atoms with E-state index in [1.54, 1.807) is 17.8 Å². The van der Waals surface area contributed by atoms with Crippen LogP contribution in [0.25, 0.3) is 17.1 Å². The van der Waals surface area contributed by atoms with E-state index in [1.807, 2.05) is 71.3 Å². The van der Waals surface area contributed by atoms with Gasteiger partial charge >= 0.3 is 0 Å². The highest BCUT2D eigenvalue weighted by molar-refractivity contribution is 7.98. The molecule has 7 nitrogen and oxygen atoms in total. The molecule has 0 bridgehead atoms. The van der Waals surface area contributed by atoms with Gasteiger partial charge in [-0.3, -0.25) is 14.3 Å². The number of nitrogens with zero attached hydrogens (tertiary/aromatic N) is 5. The van der Waals surface area contributed by atoms with Crippen LogP contribution < -0.4 is 5.32 Å². The second-order valence-electron chi connectivity index (χ2n) is 7.77. The van der Waals surface area contributed by atoms with Crippen LogP contribution in [0.1, 0.15) is 21.1 Å². The number of amides is 1. The van der Waals surface area contributed by atoms with E-state index in [0.717, 1.165) is 22.7 Å². The molecule has 0 fully saturated rings. The molecule has 2 aromatic carbocycles. The third kappa shape index (κ3) is 5.81. The van der Waals surface area contributed by atoms with E-state index < -0.39 is 0 Å². The molecule has 5 rings (SSSR count). The van der Waals surface area contributed by atoms with Crippen molar-refractivity contribution in [1.82, 2.24) is 30.0 Å². The number of hydrogen-bond donors (Lipinski definition) is 1. The van der Waals surface area contributed by atoms with Crippen molar-refractivity contribution in [3.63, 3.8) is 0 Å². The molecule has 3 aromatic heterocycles. The van der Waals surface area contributed by atoms with Crippen LogP contribution in [0.4, 0.5) is 0 Å². The highest BCUT2D eigenvalue weighted by atomic mass is 35.5. The molecule has 36 heavy (non-hydrogen) atoms. The van der Waals surface area contributed by atoms with E-state index in [0.29, 0.717) is 34.0 Å². The third-order valence-corrected chi connectivity index (χ3v) is 7.48. The molecule has 1 amide bonds. The van der Waals surface area contributed by atoms with Crippen LogP contribution in [0.3, 0.4) is 0 Å². The number of thioether (sulfide) groups is 1. The number of hydrogen-bond acceptors (Lipinski definition) is 7. The van der Waals surface area contributed by atoms with Crippen molar-refractivity contribution < 1.29 is 4.79 Å². The van der Waals surface area contributed by atoms with Crippen LogP contribution in [-0.4, -0.2) is 37.2 Å². The zero-order chi connectivity index (χ0) is 24.7. The summed E-state index contributed by atoms with van der Waals surface area (Å²) < 4.78 is 1.96. The number of nitrogens with one attached hydrogen (secondary N) is 1. The van der Waals surface area contributed by atoms with Gasteiger partial charge in [-0.2, -0.15) is 0 Å². The molecule has 3 heterocycles. The van der Waals surface area contributed by atoms with Gasteiger partial charge in [-0.05, 0) is 42.3 Å². The van der Waals surface area contributed by atoms with E-state index >= 15 is 0 Å². The molecule has 1 N–H and O–H groups in total. The monoisotopic (exact) mass is 532 g/mol. The Kier molecular flexibility index (Phi) is 7.70. The lowest BCUT2D eigenvalue weighted by atomic mass is 10.1. The normalized spacial score (nSPS) is 10.9. The Labute approximate surface area is 221 Å². The highest BCUT2D eigenvalue weighted by Gasteiger charge is 2.18. The van der Waals surface area contributed by atoms with Gasteiger partial charge < -0.3 is 5.32 Å². The van der Waals surface area contributed by atoms with Crippen molar-refractivity contribution in [3.05, 3.63) is 106 Å². The number of carbonyl (C=O) groups is 1. The van der Waals surface area contributed by atoms with Gasteiger partial charge in [-0.1, -0.05) is 59.8 Å². The summed E-state index contributed by atoms with van der Waals surface area (Å²) in [7, 11) is 0. The van der Waals surface area contributed by atoms with Crippen LogP contribution >= 0.6 is 34.7 Å². The third-order valence-electron chi connectivity index (χ3n) is 5.27. The zero-order valence-electron chi connectivity index (χ0n) is 19.0. The van der Waals surface area contributed by atoms with Gasteiger partial charge in [0, 0.05) is 34.9 Å². The quantitative estimate of drug-likeness (QED) is 0.245. The molecule has 180 valence electrons. The molecule has 0 spiro atoms. The minimum atomic E-state index is -0.167. The molecule has 5 aromatic rings. The first-order valence-corrected chi connectivity index (χ1v) is 13.4. The highest BCUT2D eigenvalue weighted by Crippen LogP contribution is 2.31. The number of rotatable bonds is 9. The van der Waals surface area contributed by atoms with Gasteiger partial charge in [0.15, 0.2) is 11.0 Å². The molecule has 0 radical (unpaired) electrons. The van der Waals surface area contributed by atoms with Gasteiger partial charge in [-0.25, -0.2) is 4.98 Å². The summed E-state index contributed by atoms with van der Waals surface area (Å²) >= 11 is 9.22. The Balaban J connectivity index is 1.28. The number of pyridine rings is 1. The molecule has 0 atom stereocenters. The fraction of sp³-hybridized carbons (Fsp3) is 0.115. The van der Waals surface area contributed by atoms with Gasteiger partial charge in [-0.15, -0.1) is 21.5 Å². The standard InChI is InChI=1S/C26H21ClN6OS2/c27-20-9-4-10-21(14-20)33-24(19-8-5-12-28-15-19)31-32-26(33)36-17-23-30-22(16-35-23)25(34)29-13-11-18-6-2-1-3-7-18/h1-10,12,14-16H,11,13,17H2,(H,29,34). The van der Waals surface area contributed by atoms with Gasteiger partial charge in [0.2, 0.25) is 0 Å². The Hall–Kier alpha value is -3.53. The first-order valence-electron chi connectivity index (χ1n) is 11.2. The molecule has 0 aliphatic rings. The zero-order valence-corrected chi connectivity index (χ0v) is 21.4. The maximum absolute atomic E-state index is 12.5. The van der Waals surface area contributed by atoms with E-state index in [2.05, 4.69) is 25.5 Å². The molecule has 10 heteroatoms. The minimum Gasteiger partial charge on any atom is -0.350 e. The predicted octanol–water partition coefficient (Wildman–Crippen LogP) is 5.70. The second-order valence-corrected chi connectivity index (χ2v) is 10.1. The first kappa shape index (κ1) is 24.2. The maximum atomic E-state index is 12.5. The van der Waals surface area contributed by atoms with E-state index in [-0.39, 0.29) is 5.91 Å². The van der Waals surface area contributed by atoms with Crippen LogP contribution in [0.2, 0.25) is 5.02 Å². The Morgan fingerprint density at radius 1 is 1.06 bits per heavy atom. The van der Waals surface area contributed by atoms with Gasteiger partial charge in [0.05, 0.1) is 11.4 Å². The predicted molar refractivity (Wildman–Crippen MR) is 144 cm³/mol. The molecule has 0 aliphatic carbocycles. The molecule has 0 aliphatic heterocycles. The van der Waals surface area contributed by atoms with E-state index in [1.165, 1.54) is 28.7 Å². The van der Waals surface area contributed by atoms with Crippen LogP contribution in [0, 0.1) is 0 Å².